The third-order valence-corrected chi connectivity index (χ3v) is 8.06. The number of nitrogens with two attached hydrogens (primary N) is 1. The summed E-state index contributed by atoms with van der Waals surface area (Å²) in [5, 5.41) is 2.77. The number of rotatable bonds is 14. The number of esters is 5. The Morgan fingerprint density at radius 1 is 0.754 bits per heavy atom. The zero-order valence-electron chi connectivity index (χ0n) is 36.6. The van der Waals surface area contributed by atoms with Crippen LogP contribution in [0.3, 0.4) is 0 Å². The van der Waals surface area contributed by atoms with E-state index in [2.05, 4.69) is 14.8 Å². The van der Waals surface area contributed by atoms with Gasteiger partial charge in [-0.1, -0.05) is 31.2 Å². The molecule has 22 heteroatoms. The molecule has 0 aromatic heterocycles. The summed E-state index contributed by atoms with van der Waals surface area (Å²) in [6, 6.07) is 6.46. The average Bonchev–Trinajstić information content (AvgIpc) is 3.20. The topological polar surface area (TPSA) is 204 Å². The van der Waals surface area contributed by atoms with Gasteiger partial charge >= 0.3 is 42.2 Å². The third-order valence-electron chi connectivity index (χ3n) is 8.06. The van der Waals surface area contributed by atoms with E-state index >= 15 is 0 Å². The van der Waals surface area contributed by atoms with Crippen LogP contribution in [0, 0.1) is 11.6 Å². The van der Waals surface area contributed by atoms with Gasteiger partial charge in [0.2, 0.25) is 0 Å². The monoisotopic (exact) mass is 938 g/mol. The summed E-state index contributed by atoms with van der Waals surface area (Å²) < 4.78 is 127. The lowest BCUT2D eigenvalue weighted by Crippen LogP contribution is -2.35. The van der Waals surface area contributed by atoms with Gasteiger partial charge in [0.1, 0.15) is 36.7 Å². The molecule has 0 saturated heterocycles. The molecule has 0 spiro atoms. The molecule has 65 heavy (non-hydrogen) atoms. The predicted octanol–water partition coefficient (Wildman–Crippen LogP) is 7.13. The molecule has 2 aromatic rings. The van der Waals surface area contributed by atoms with Crippen molar-refractivity contribution in [3.05, 3.63) is 105 Å². The van der Waals surface area contributed by atoms with Gasteiger partial charge in [-0.15, -0.1) is 0 Å². The minimum absolute atomic E-state index is 0.0129. The number of allylic oxidation sites excluding steroid dienone is 2. The lowest BCUT2D eigenvalue weighted by atomic mass is 9.78. The van der Waals surface area contributed by atoms with Gasteiger partial charge in [-0.3, -0.25) is 19.2 Å². The average molecular weight is 939 g/mol. The molecule has 3 rings (SSSR count). The Morgan fingerprint density at radius 3 is 1.74 bits per heavy atom. The van der Waals surface area contributed by atoms with Crippen molar-refractivity contribution in [2.45, 2.75) is 85.5 Å². The largest absolute Gasteiger partial charge is 0.466 e. The lowest BCUT2D eigenvalue weighted by molar-refractivity contribution is -0.146. The molecular weight excluding hydrogens is 888 g/mol. The number of carbonyl (C=O) groups excluding carboxylic acids is 7. The molecule has 0 radical (unpaired) electrons. The minimum atomic E-state index is -4.78. The van der Waals surface area contributed by atoms with E-state index in [1.807, 2.05) is 0 Å². The van der Waals surface area contributed by atoms with Crippen molar-refractivity contribution in [1.82, 2.24) is 5.32 Å². The van der Waals surface area contributed by atoms with E-state index in [0.717, 1.165) is 32.2 Å². The highest BCUT2D eigenvalue weighted by Gasteiger charge is 2.42. The Labute approximate surface area is 369 Å². The third kappa shape index (κ3) is 21.6. The first-order valence-electron chi connectivity index (χ1n) is 19.1. The smallest absolute Gasteiger partial charge is 0.393 e. The standard InChI is InChI=1S/C22H23F4NO6.C9H6F4O.C7H12O3.C5H9NO2/c1-5-32-21(30)19-16(10-33-12(3)28)27-11(2)17(20(29)31-4)18(19)13-7-6-8-15(23)14(13)9-22(24,25)26;10-8-3-1-2-6(5-14)7(8)4-9(11,12)13;1-3-6(8)5-7(9)10-4-2;1-4(6)3-5(7)8-2/h6-8,18,27H,5,9-10H2,1-4H3;1-3,5H,4H2;3-5H2,1-2H3;3H,6H2,1-2H3/b;;;4-3-. The van der Waals surface area contributed by atoms with E-state index in [4.69, 9.17) is 19.9 Å². The quantitative estimate of drug-likeness (QED) is 0.0484. The Balaban J connectivity index is 0.00000104. The molecule has 2 aromatic carbocycles. The number of nitrogens with one attached hydrogen (secondary N) is 1. The molecule has 0 saturated carbocycles. The number of Topliss-reactive ketones (excluding diaryl/α,β-unsaturated/α-hetero) is 1. The molecular formula is C43H50F8N2O12. The second-order valence-corrected chi connectivity index (χ2v) is 13.1. The first-order chi connectivity index (χ1) is 30.2. The number of benzene rings is 2. The highest BCUT2D eigenvalue weighted by molar-refractivity contribution is 6.00. The highest BCUT2D eigenvalue weighted by Crippen LogP contribution is 2.42. The molecule has 1 aliphatic rings. The van der Waals surface area contributed by atoms with E-state index in [9.17, 15) is 68.7 Å². The summed E-state index contributed by atoms with van der Waals surface area (Å²) in [4.78, 5) is 78.7. The first kappa shape index (κ1) is 58.4. The van der Waals surface area contributed by atoms with Crippen molar-refractivity contribution in [2.75, 3.05) is 34.0 Å². The van der Waals surface area contributed by atoms with Crippen molar-refractivity contribution >= 4 is 41.9 Å². The van der Waals surface area contributed by atoms with Crippen LogP contribution in [0.15, 0.2) is 70.7 Å². The van der Waals surface area contributed by atoms with Crippen LogP contribution in [0.1, 0.15) is 87.4 Å². The molecule has 1 unspecified atom stereocenters. The van der Waals surface area contributed by atoms with E-state index in [1.165, 1.54) is 45.2 Å². The Hall–Kier alpha value is -6.61. The fourth-order valence-electron chi connectivity index (χ4n) is 5.37. The number of carbonyl (C=O) groups is 7. The van der Waals surface area contributed by atoms with Crippen molar-refractivity contribution in [2.24, 2.45) is 5.73 Å². The number of ketones is 1. The molecule has 360 valence electrons. The SMILES string of the molecule is CCOC(=O)C1=C(COC(C)=O)NC(C)=C(C(=O)OC)C1c1cccc(F)c1CC(F)(F)F.CCOC(=O)CC(=O)CC.COC(=O)/C=C(/C)N.O=Cc1cccc(F)c1CC(F)(F)F. The number of aldehydes is 1. The number of halogens is 8. The second-order valence-electron chi connectivity index (χ2n) is 13.1. The van der Waals surface area contributed by atoms with Gasteiger partial charge < -0.3 is 34.7 Å². The van der Waals surface area contributed by atoms with Gasteiger partial charge in [-0.05, 0) is 45.4 Å². The van der Waals surface area contributed by atoms with Crippen LogP contribution < -0.4 is 11.1 Å². The lowest BCUT2D eigenvalue weighted by Gasteiger charge is -2.32. The maximum atomic E-state index is 14.6. The van der Waals surface area contributed by atoms with Crippen LogP contribution in [-0.4, -0.2) is 88.3 Å². The number of hydrogen-bond acceptors (Lipinski definition) is 14. The van der Waals surface area contributed by atoms with E-state index in [-0.39, 0.29) is 58.8 Å². The van der Waals surface area contributed by atoms with Gasteiger partial charge in [0.05, 0.1) is 63.0 Å². The van der Waals surface area contributed by atoms with Crippen LogP contribution in [0.25, 0.3) is 0 Å². The molecule has 0 fully saturated rings. The summed E-state index contributed by atoms with van der Waals surface area (Å²) in [6.07, 6.45) is -10.6. The zero-order chi connectivity index (χ0) is 50.2. The zero-order valence-corrected chi connectivity index (χ0v) is 36.6. The summed E-state index contributed by atoms with van der Waals surface area (Å²) >= 11 is 0. The molecule has 1 heterocycles. The number of methoxy groups -OCH3 is 2. The molecule has 0 bridgehead atoms. The summed E-state index contributed by atoms with van der Waals surface area (Å²) in [7, 11) is 2.37. The van der Waals surface area contributed by atoms with E-state index < -0.39 is 90.3 Å². The van der Waals surface area contributed by atoms with Crippen LogP contribution in [0.5, 0.6) is 0 Å². The summed E-state index contributed by atoms with van der Waals surface area (Å²) in [6.45, 7) is 8.91. The second kappa shape index (κ2) is 28.2. The Bertz CT molecular complexity index is 2090. The minimum Gasteiger partial charge on any atom is -0.466 e. The van der Waals surface area contributed by atoms with Gasteiger partial charge in [0.15, 0.2) is 0 Å². The fourth-order valence-corrected chi connectivity index (χ4v) is 5.37. The van der Waals surface area contributed by atoms with Crippen molar-refractivity contribution in [3.8, 4) is 0 Å². The highest BCUT2D eigenvalue weighted by atomic mass is 19.4. The molecule has 0 amide bonds. The fraction of sp³-hybridized carbons (Fsp3) is 0.419. The number of ether oxygens (including phenoxy) is 5. The van der Waals surface area contributed by atoms with Gasteiger partial charge in [-0.2, -0.15) is 26.3 Å². The molecule has 1 aliphatic heterocycles. The molecule has 1 atom stereocenters. The Kier molecular flexibility index (Phi) is 25.4. The number of dihydropyridines is 1. The van der Waals surface area contributed by atoms with Crippen LogP contribution >= 0.6 is 0 Å². The van der Waals surface area contributed by atoms with Crippen molar-refractivity contribution < 1.29 is 92.4 Å². The predicted molar refractivity (Wildman–Crippen MR) is 215 cm³/mol. The number of hydrogen-bond donors (Lipinski definition) is 2. The van der Waals surface area contributed by atoms with Crippen molar-refractivity contribution in [3.63, 3.8) is 0 Å². The van der Waals surface area contributed by atoms with Gasteiger partial charge in [-0.25, -0.2) is 23.2 Å². The van der Waals surface area contributed by atoms with Gasteiger partial charge in [0, 0.05) is 47.5 Å². The van der Waals surface area contributed by atoms with E-state index in [1.54, 1.807) is 20.8 Å². The van der Waals surface area contributed by atoms with Gasteiger partial charge in [0.25, 0.3) is 0 Å². The molecule has 0 aliphatic carbocycles. The number of alkyl halides is 6. The normalized spacial score (nSPS) is 13.5. The van der Waals surface area contributed by atoms with Crippen molar-refractivity contribution in [1.29, 1.82) is 0 Å². The summed E-state index contributed by atoms with van der Waals surface area (Å²) in [5.74, 6) is -7.15. The Morgan fingerprint density at radius 2 is 1.29 bits per heavy atom. The molecule has 14 nitrogen and oxygen atoms in total. The first-order valence-corrected chi connectivity index (χ1v) is 19.1. The summed E-state index contributed by atoms with van der Waals surface area (Å²) in [5.41, 5.74) is 3.33. The van der Waals surface area contributed by atoms with Crippen LogP contribution in [0.4, 0.5) is 35.1 Å². The van der Waals surface area contributed by atoms with Crippen LogP contribution in [-0.2, 0) is 65.3 Å². The van der Waals surface area contributed by atoms with Crippen LogP contribution in [0.2, 0.25) is 0 Å². The van der Waals surface area contributed by atoms with E-state index in [0.29, 0.717) is 18.7 Å². The molecule has 3 N–H and O–H groups in total. The maximum Gasteiger partial charge on any atom is 0.393 e. The maximum absolute atomic E-state index is 14.6.